The Morgan fingerprint density at radius 2 is 2.25 bits per heavy atom. The molecule has 0 aliphatic heterocycles. The summed E-state index contributed by atoms with van der Waals surface area (Å²) in [6.07, 6.45) is 1.83. The topological polar surface area (TPSA) is 29.5 Å². The van der Waals surface area contributed by atoms with Gasteiger partial charge >= 0.3 is 0 Å². The molecule has 1 rings (SSSR count). The number of hydrogen-bond acceptors (Lipinski definition) is 2. The lowest BCUT2D eigenvalue weighted by Crippen LogP contribution is -1.83. The minimum atomic E-state index is 0.153. The summed E-state index contributed by atoms with van der Waals surface area (Å²) in [7, 11) is 1.52. The molecule has 64 valence electrons. The van der Waals surface area contributed by atoms with Crippen molar-refractivity contribution in [2.45, 2.75) is 0 Å². The van der Waals surface area contributed by atoms with Gasteiger partial charge in [0.15, 0.2) is 11.5 Å². The van der Waals surface area contributed by atoms with E-state index in [0.29, 0.717) is 5.75 Å². The Morgan fingerprint density at radius 3 is 2.75 bits per heavy atom. The summed E-state index contributed by atoms with van der Waals surface area (Å²) in [4.78, 5) is 1.73. The Bertz CT molecular complexity index is 295. The first kappa shape index (κ1) is 9.13. The van der Waals surface area contributed by atoms with Crippen LogP contribution in [-0.2, 0) is 0 Å². The van der Waals surface area contributed by atoms with E-state index in [4.69, 9.17) is 4.74 Å². The molecule has 2 nitrogen and oxygen atoms in total. The van der Waals surface area contributed by atoms with Gasteiger partial charge in [0.05, 0.1) is 7.11 Å². The van der Waals surface area contributed by atoms with Crippen LogP contribution in [0.5, 0.6) is 11.5 Å². The van der Waals surface area contributed by atoms with Crippen LogP contribution in [0.4, 0.5) is 0 Å². The van der Waals surface area contributed by atoms with Crippen molar-refractivity contribution < 1.29 is 9.84 Å². The van der Waals surface area contributed by atoms with Gasteiger partial charge in [-0.15, -0.1) is 0 Å². The van der Waals surface area contributed by atoms with Crippen molar-refractivity contribution in [1.29, 1.82) is 0 Å². The van der Waals surface area contributed by atoms with E-state index < -0.39 is 0 Å². The second-order valence-corrected chi connectivity index (χ2v) is 2.75. The van der Waals surface area contributed by atoms with Crippen LogP contribution in [0.3, 0.4) is 0 Å². The predicted molar refractivity (Wildman–Crippen MR) is 52.6 cm³/mol. The maximum Gasteiger partial charge on any atom is 0.160 e. The van der Waals surface area contributed by atoms with Crippen LogP contribution < -0.4 is 4.74 Å². The number of methoxy groups -OCH3 is 1. The monoisotopic (exact) mass is 228 g/mol. The average molecular weight is 229 g/mol. The number of phenolic OH excluding ortho intramolecular Hbond substituents is 1. The van der Waals surface area contributed by atoms with Gasteiger partial charge in [-0.2, -0.15) is 0 Å². The van der Waals surface area contributed by atoms with E-state index in [0.717, 1.165) is 5.56 Å². The molecule has 0 bridgehead atoms. The zero-order valence-electron chi connectivity index (χ0n) is 6.62. The first-order valence-corrected chi connectivity index (χ1v) is 4.33. The zero-order valence-corrected chi connectivity index (χ0v) is 8.21. The smallest absolute Gasteiger partial charge is 0.160 e. The fourth-order valence-corrected chi connectivity index (χ4v) is 1.19. The minimum absolute atomic E-state index is 0.153. The van der Waals surface area contributed by atoms with Crippen LogP contribution >= 0.6 is 15.9 Å². The van der Waals surface area contributed by atoms with Crippen LogP contribution in [0.15, 0.2) is 23.2 Å². The number of rotatable bonds is 2. The molecule has 0 amide bonds. The minimum Gasteiger partial charge on any atom is -0.504 e. The van der Waals surface area contributed by atoms with Crippen molar-refractivity contribution in [1.82, 2.24) is 0 Å². The van der Waals surface area contributed by atoms with Gasteiger partial charge in [-0.1, -0.05) is 22.0 Å². The molecule has 0 unspecified atom stereocenters. The number of aromatic hydroxyl groups is 1. The Morgan fingerprint density at radius 1 is 1.50 bits per heavy atom. The molecule has 0 atom stereocenters. The summed E-state index contributed by atoms with van der Waals surface area (Å²) < 4.78 is 4.89. The predicted octanol–water partition coefficient (Wildman–Crippen LogP) is 2.77. The van der Waals surface area contributed by atoms with Crippen molar-refractivity contribution in [3.63, 3.8) is 0 Å². The van der Waals surface area contributed by atoms with Gasteiger partial charge in [-0.3, -0.25) is 0 Å². The average Bonchev–Trinajstić information content (AvgIpc) is 2.05. The molecule has 1 N–H and O–H groups in total. The number of phenols is 1. The molecular weight excluding hydrogens is 220 g/mol. The molecule has 0 saturated carbocycles. The molecule has 0 fully saturated rings. The van der Waals surface area contributed by atoms with Gasteiger partial charge < -0.3 is 9.84 Å². The fourth-order valence-electron chi connectivity index (χ4n) is 0.883. The normalized spacial score (nSPS) is 10.5. The van der Waals surface area contributed by atoms with Crippen LogP contribution in [0.1, 0.15) is 5.56 Å². The summed E-state index contributed by atoms with van der Waals surface area (Å²) in [6, 6.07) is 5.21. The van der Waals surface area contributed by atoms with Gasteiger partial charge in [0.2, 0.25) is 0 Å². The molecule has 1 aromatic carbocycles. The highest BCUT2D eigenvalue weighted by atomic mass is 79.9. The fraction of sp³-hybridized carbons (Fsp3) is 0.111. The van der Waals surface area contributed by atoms with Crippen LogP contribution in [0.2, 0.25) is 0 Å². The number of ether oxygens (including phenoxy) is 1. The Kier molecular flexibility index (Phi) is 3.17. The summed E-state index contributed by atoms with van der Waals surface area (Å²) in [6.45, 7) is 0. The first-order chi connectivity index (χ1) is 5.77. The van der Waals surface area contributed by atoms with Gasteiger partial charge in [0.1, 0.15) is 0 Å². The summed E-state index contributed by atoms with van der Waals surface area (Å²) in [5, 5.41) is 9.34. The van der Waals surface area contributed by atoms with Gasteiger partial charge in [-0.25, -0.2) is 0 Å². The van der Waals surface area contributed by atoms with Crippen molar-refractivity contribution in [2.24, 2.45) is 0 Å². The van der Waals surface area contributed by atoms with Gasteiger partial charge in [0.25, 0.3) is 0 Å². The molecule has 0 radical (unpaired) electrons. The van der Waals surface area contributed by atoms with Crippen LogP contribution in [0, 0.1) is 0 Å². The highest BCUT2D eigenvalue weighted by Crippen LogP contribution is 2.26. The van der Waals surface area contributed by atoms with E-state index in [2.05, 4.69) is 15.9 Å². The third-order valence-corrected chi connectivity index (χ3v) is 1.72. The summed E-state index contributed by atoms with van der Waals surface area (Å²) in [5.41, 5.74) is 0.921. The zero-order chi connectivity index (χ0) is 8.97. The van der Waals surface area contributed by atoms with E-state index in [1.807, 2.05) is 12.1 Å². The molecular formula is C9H9BrO2. The highest BCUT2D eigenvalue weighted by Gasteiger charge is 1.99. The maximum atomic E-state index is 9.34. The van der Waals surface area contributed by atoms with Crippen LogP contribution in [-0.4, -0.2) is 12.2 Å². The van der Waals surface area contributed by atoms with Crippen molar-refractivity contribution in [2.75, 3.05) is 7.11 Å². The molecule has 0 saturated heterocycles. The Labute approximate surface area is 79.6 Å². The quantitative estimate of drug-likeness (QED) is 0.844. The lowest BCUT2D eigenvalue weighted by atomic mass is 10.2. The lowest BCUT2D eigenvalue weighted by Gasteiger charge is -2.02. The maximum absolute atomic E-state index is 9.34. The molecule has 0 aromatic heterocycles. The molecule has 12 heavy (non-hydrogen) atoms. The van der Waals surface area contributed by atoms with Gasteiger partial charge in [-0.05, 0) is 28.8 Å². The first-order valence-electron chi connectivity index (χ1n) is 3.41. The molecule has 0 aliphatic carbocycles. The number of hydrogen-bond donors (Lipinski definition) is 1. The largest absolute Gasteiger partial charge is 0.504 e. The second-order valence-electron chi connectivity index (χ2n) is 2.22. The van der Waals surface area contributed by atoms with E-state index in [1.54, 1.807) is 17.1 Å². The molecule has 0 heterocycles. The van der Waals surface area contributed by atoms with E-state index in [9.17, 15) is 5.11 Å². The SMILES string of the molecule is COc1ccc(/C=C\Br)cc1O. The molecule has 0 aliphatic rings. The summed E-state index contributed by atoms with van der Waals surface area (Å²) in [5.74, 6) is 0.641. The van der Waals surface area contributed by atoms with Crippen LogP contribution in [0.25, 0.3) is 6.08 Å². The molecule has 0 spiro atoms. The molecule has 3 heteroatoms. The van der Waals surface area contributed by atoms with E-state index >= 15 is 0 Å². The van der Waals surface area contributed by atoms with Crippen molar-refractivity contribution in [3.05, 3.63) is 28.7 Å². The lowest BCUT2D eigenvalue weighted by molar-refractivity contribution is 0.373. The van der Waals surface area contributed by atoms with Crippen molar-refractivity contribution in [3.8, 4) is 11.5 Å². The summed E-state index contributed by atoms with van der Waals surface area (Å²) >= 11 is 3.15. The number of benzene rings is 1. The van der Waals surface area contributed by atoms with E-state index in [1.165, 1.54) is 7.11 Å². The Hall–Kier alpha value is -0.960. The third kappa shape index (κ3) is 2.01. The standard InChI is InChI=1S/C9H9BrO2/c1-12-9-3-2-7(4-5-10)6-8(9)11/h2-6,11H,1H3/b5-4-. The van der Waals surface area contributed by atoms with E-state index in [-0.39, 0.29) is 5.75 Å². The van der Waals surface area contributed by atoms with Gasteiger partial charge in [0, 0.05) is 0 Å². The van der Waals surface area contributed by atoms with Crippen molar-refractivity contribution >= 4 is 22.0 Å². The highest BCUT2D eigenvalue weighted by molar-refractivity contribution is 9.11. The molecule has 1 aromatic rings. The number of halogens is 1. The Balaban J connectivity index is 3.01. The third-order valence-electron chi connectivity index (χ3n) is 1.46. The second kappa shape index (κ2) is 4.16.